The van der Waals surface area contributed by atoms with Crippen LogP contribution in [0.15, 0.2) is 66.4 Å². The van der Waals surface area contributed by atoms with Crippen LogP contribution in [0.3, 0.4) is 0 Å². The van der Waals surface area contributed by atoms with Crippen molar-refractivity contribution in [3.63, 3.8) is 0 Å². The van der Waals surface area contributed by atoms with Gasteiger partial charge in [0.05, 0.1) is 18.2 Å². The van der Waals surface area contributed by atoms with Crippen LogP contribution in [-0.4, -0.2) is 130 Å². The molecule has 10 atom stereocenters. The van der Waals surface area contributed by atoms with Crippen molar-refractivity contribution in [3.8, 4) is 34.5 Å². The third-order valence-corrected chi connectivity index (χ3v) is 8.60. The third kappa shape index (κ3) is 7.86. The molecular formula is C35H37O17+. The van der Waals surface area contributed by atoms with Gasteiger partial charge in [0.15, 0.2) is 29.7 Å². The number of ether oxygens (including phenoxy) is 6. The molecule has 3 aliphatic heterocycles. The van der Waals surface area contributed by atoms with Crippen LogP contribution in [0, 0.1) is 0 Å². The monoisotopic (exact) mass is 729 g/mol. The summed E-state index contributed by atoms with van der Waals surface area (Å²) in [4.78, 5) is 12.6. The molecule has 0 saturated carbocycles. The molecule has 3 aromatic rings. The zero-order chi connectivity index (χ0) is 37.3. The molecule has 17 nitrogen and oxygen atoms in total. The molecule has 1 unspecified atom stereocenters. The lowest BCUT2D eigenvalue weighted by molar-refractivity contribution is -0.353. The van der Waals surface area contributed by atoms with Crippen LogP contribution in [0.1, 0.15) is 22.8 Å². The number of fused-ring (bicyclic) bond motifs is 1. The number of rotatable bonds is 9. The number of aromatic hydroxyl groups is 6. The molecule has 0 aromatic heterocycles. The largest absolute Gasteiger partial charge is 0.571 e. The predicted molar refractivity (Wildman–Crippen MR) is 174 cm³/mol. The molecule has 0 aliphatic carbocycles. The van der Waals surface area contributed by atoms with Gasteiger partial charge >= 0.3 is 5.97 Å². The molecule has 2 saturated heterocycles. The summed E-state index contributed by atoms with van der Waals surface area (Å²) < 4.78 is 33.2. The van der Waals surface area contributed by atoms with Crippen molar-refractivity contribution in [2.75, 3.05) is 13.2 Å². The first-order valence-electron chi connectivity index (χ1n) is 15.9. The fourth-order valence-corrected chi connectivity index (χ4v) is 5.77. The molecule has 17 heteroatoms. The first-order valence-corrected chi connectivity index (χ1v) is 15.9. The zero-order valence-electron chi connectivity index (χ0n) is 27.0. The summed E-state index contributed by atoms with van der Waals surface area (Å²) >= 11 is 0. The number of phenols is 5. The second-order valence-electron chi connectivity index (χ2n) is 12.3. The Kier molecular flexibility index (Phi) is 10.7. The molecule has 3 aliphatic rings. The van der Waals surface area contributed by atoms with Gasteiger partial charge in [-0.1, -0.05) is 12.1 Å². The summed E-state index contributed by atoms with van der Waals surface area (Å²) in [5.41, 5.74) is 0.913. The lowest BCUT2D eigenvalue weighted by Crippen LogP contribution is -2.63. The maximum Gasteiger partial charge on any atom is 0.330 e. The van der Waals surface area contributed by atoms with Gasteiger partial charge in [-0.05, 0) is 42.0 Å². The second kappa shape index (κ2) is 15.2. The molecule has 3 aromatic carbocycles. The van der Waals surface area contributed by atoms with Crippen molar-refractivity contribution in [2.45, 2.75) is 61.4 Å². The van der Waals surface area contributed by atoms with Gasteiger partial charge in [0.2, 0.25) is 6.29 Å². The third-order valence-electron chi connectivity index (χ3n) is 8.60. The highest BCUT2D eigenvalue weighted by molar-refractivity contribution is 5.87. The minimum Gasteiger partial charge on any atom is -0.571 e. The van der Waals surface area contributed by atoms with E-state index in [1.165, 1.54) is 48.6 Å². The van der Waals surface area contributed by atoms with Crippen LogP contribution in [0.2, 0.25) is 0 Å². The van der Waals surface area contributed by atoms with Gasteiger partial charge in [0.25, 0.3) is 11.9 Å². The first kappa shape index (κ1) is 36.7. The quantitative estimate of drug-likeness (QED) is 0.0605. The van der Waals surface area contributed by atoms with Gasteiger partial charge in [0.1, 0.15) is 66.0 Å². The molecule has 278 valence electrons. The van der Waals surface area contributed by atoms with Gasteiger partial charge in [-0.2, -0.15) is 0 Å². The minimum absolute atomic E-state index is 0.0320. The van der Waals surface area contributed by atoms with E-state index >= 15 is 0 Å². The van der Waals surface area contributed by atoms with E-state index < -0.39 is 97.8 Å². The summed E-state index contributed by atoms with van der Waals surface area (Å²) in [7, 11) is 0. The van der Waals surface area contributed by atoms with Crippen LogP contribution >= 0.6 is 0 Å². The van der Waals surface area contributed by atoms with E-state index in [2.05, 4.69) is 4.74 Å². The molecule has 11 N–H and O–H groups in total. The molecule has 2 fully saturated rings. The summed E-state index contributed by atoms with van der Waals surface area (Å²) in [6, 6.07) is 12.1. The molecule has 0 bridgehead atoms. The standard InChI is InChI=1S/C35H36O17/c36-17-5-1-15(2-6-17)3-8-27(42)47-14-26-29(44)30(45)33(52-34-31(46)28(43)23(41)13-48-34)35(51-26)50-25-12-19-21(39)10-18(37)11-24(19)49-32(25)16-4-7-20(38)22(40)9-16/h1-12,23,26,28-41,43-46H,13-14H2/p+1/b8-3+/t23-,26-,28-,29+,30+,31+,32?,33+,34+,35+/m0/s1. The number of carbonyl (C=O) groups excluding carboxylic acids is 1. The molecule has 0 amide bonds. The summed E-state index contributed by atoms with van der Waals surface area (Å²) in [5, 5.41) is 103. The predicted octanol–water partition coefficient (Wildman–Crippen LogP) is 0.0958. The van der Waals surface area contributed by atoms with Crippen molar-refractivity contribution < 1.29 is 84.3 Å². The van der Waals surface area contributed by atoms with E-state index in [0.717, 1.165) is 12.1 Å². The van der Waals surface area contributed by atoms with Crippen molar-refractivity contribution in [1.29, 1.82) is 0 Å². The van der Waals surface area contributed by atoms with Crippen LogP contribution < -0.4 is 0 Å². The summed E-state index contributed by atoms with van der Waals surface area (Å²) in [6.45, 7) is -1.07. The highest BCUT2D eigenvalue weighted by Crippen LogP contribution is 2.46. The average molecular weight is 730 g/mol. The van der Waals surface area contributed by atoms with E-state index in [-0.39, 0.29) is 34.1 Å². The van der Waals surface area contributed by atoms with Gasteiger partial charge in [-0.25, -0.2) is 4.79 Å². The average Bonchev–Trinajstić information content (AvgIpc) is 3.11. The van der Waals surface area contributed by atoms with E-state index in [9.17, 15) is 55.9 Å². The molecule has 6 rings (SSSR count). The van der Waals surface area contributed by atoms with Crippen LogP contribution in [-0.2, 0) is 28.5 Å². The Balaban J connectivity index is 1.30. The Labute approximate surface area is 294 Å². The van der Waals surface area contributed by atoms with Crippen molar-refractivity contribution in [1.82, 2.24) is 0 Å². The number of hydrogen-bond donors (Lipinski definition) is 10. The smallest absolute Gasteiger partial charge is 0.330 e. The topological polar surface area (TPSA) is 278 Å². The van der Waals surface area contributed by atoms with Crippen LogP contribution in [0.4, 0.5) is 0 Å². The lowest BCUT2D eigenvalue weighted by atomic mass is 9.97. The van der Waals surface area contributed by atoms with E-state index in [4.69, 9.17) is 23.7 Å². The maximum absolute atomic E-state index is 12.6. The number of benzene rings is 3. The fraction of sp³-hybridized carbons (Fsp3) is 0.343. The van der Waals surface area contributed by atoms with Crippen molar-refractivity contribution in [3.05, 3.63) is 83.1 Å². The summed E-state index contributed by atoms with van der Waals surface area (Å²) in [5.74, 6) is -2.44. The van der Waals surface area contributed by atoms with E-state index in [0.29, 0.717) is 5.56 Å². The lowest BCUT2D eigenvalue weighted by Gasteiger charge is -2.45. The molecule has 0 spiro atoms. The summed E-state index contributed by atoms with van der Waals surface area (Å²) in [6.07, 6.45) is -12.5. The number of phenolic OH excluding ortho intramolecular Hbond substituents is 5. The van der Waals surface area contributed by atoms with Crippen LogP contribution in [0.25, 0.3) is 12.2 Å². The number of aliphatic hydroxyl groups excluding tert-OH is 5. The van der Waals surface area contributed by atoms with Gasteiger partial charge < -0.3 is 79.5 Å². The fourth-order valence-electron chi connectivity index (χ4n) is 5.77. The van der Waals surface area contributed by atoms with Crippen molar-refractivity contribution in [2.24, 2.45) is 0 Å². The number of carbonyl (C=O) groups is 1. The van der Waals surface area contributed by atoms with Crippen molar-refractivity contribution >= 4 is 18.1 Å². The Morgan fingerprint density at radius 2 is 1.56 bits per heavy atom. The SMILES string of the molecule is O=C(/C=C/c1ccc(O)cc1)OC[C@@H]1O[C@@H](OC2=Cc3c(O)cc(O)cc3[OH+]C2c2ccc(O)c(O)c2)[C@H](O[C@H]2OC[C@H](O)[C@H](O)[C@H]2O)[C@H](O)[C@@H]1O. The normalized spacial score (nSPS) is 30.2. The molecule has 52 heavy (non-hydrogen) atoms. The van der Waals surface area contributed by atoms with Gasteiger partial charge in [-0.3, -0.25) is 0 Å². The second-order valence-corrected chi connectivity index (χ2v) is 12.3. The number of aliphatic hydroxyl groups is 6. The Hall–Kier alpha value is -5.11. The molecule has 3 heterocycles. The van der Waals surface area contributed by atoms with Gasteiger partial charge in [0, 0.05) is 18.2 Å². The van der Waals surface area contributed by atoms with Crippen LogP contribution in [0.5, 0.6) is 34.5 Å². The zero-order valence-corrected chi connectivity index (χ0v) is 27.0. The van der Waals surface area contributed by atoms with Gasteiger partial charge in [-0.15, -0.1) is 0 Å². The van der Waals surface area contributed by atoms with E-state index in [1.807, 2.05) is 0 Å². The van der Waals surface area contributed by atoms with E-state index in [1.54, 1.807) is 12.1 Å². The number of esters is 1. The maximum atomic E-state index is 12.6. The molecular weight excluding hydrogens is 692 g/mol. The Morgan fingerprint density at radius 3 is 2.29 bits per heavy atom. The first-order chi connectivity index (χ1) is 24.8. The highest BCUT2D eigenvalue weighted by atomic mass is 16.8. The number of hydrogen-bond acceptors (Lipinski definition) is 16. The Bertz CT molecular complexity index is 1810. The minimum atomic E-state index is -1.88. The highest BCUT2D eigenvalue weighted by Gasteiger charge is 2.51. The molecule has 0 radical (unpaired) electrons. The Morgan fingerprint density at radius 1 is 0.808 bits per heavy atom.